The van der Waals surface area contributed by atoms with E-state index in [-0.39, 0.29) is 112 Å². The van der Waals surface area contributed by atoms with Crippen molar-refractivity contribution in [1.82, 2.24) is 65.4 Å². The number of nitrogens with one attached hydrogen (secondary N) is 6. The van der Waals surface area contributed by atoms with Crippen molar-refractivity contribution in [2.24, 2.45) is 11.7 Å². The summed E-state index contributed by atoms with van der Waals surface area (Å²) in [7, 11) is -7.05. The maximum Gasteiger partial charge on any atom is 0.510 e. The second-order valence-electron chi connectivity index (χ2n) is 29.0. The number of sulfonamides is 1. The van der Waals surface area contributed by atoms with Gasteiger partial charge in [-0.05, 0) is 87.3 Å². The number of carbonyl (C=O) groups is 8. The van der Waals surface area contributed by atoms with Gasteiger partial charge >= 0.3 is 18.2 Å². The first-order valence-corrected chi connectivity index (χ1v) is 44.1. The summed E-state index contributed by atoms with van der Waals surface area (Å²) in [4.78, 5) is 132. The maximum atomic E-state index is 14.5. The van der Waals surface area contributed by atoms with Crippen LogP contribution in [0.3, 0.4) is 0 Å². The Hall–Kier alpha value is -10.6. The van der Waals surface area contributed by atoms with Crippen molar-refractivity contribution in [2.45, 2.75) is 141 Å². The molecule has 0 unspecified atom stereocenters. The van der Waals surface area contributed by atoms with Crippen LogP contribution in [0.15, 0.2) is 83.1 Å². The van der Waals surface area contributed by atoms with Gasteiger partial charge in [-0.2, -0.15) is 4.31 Å². The van der Waals surface area contributed by atoms with Gasteiger partial charge in [-0.25, -0.2) is 50.9 Å². The molecule has 42 heteroatoms. The van der Waals surface area contributed by atoms with Crippen molar-refractivity contribution in [3.63, 3.8) is 0 Å². The lowest BCUT2D eigenvalue weighted by Gasteiger charge is -2.35. The minimum atomic E-state index is -3.56. The van der Waals surface area contributed by atoms with Gasteiger partial charge in [-0.15, -0.1) is 5.10 Å². The van der Waals surface area contributed by atoms with Crippen LogP contribution >= 0.6 is 0 Å². The number of anilines is 1. The number of carbonyl (C=O) groups excluding carboxylic acids is 8. The average Bonchev–Trinajstić information content (AvgIpc) is 1.62. The summed E-state index contributed by atoms with van der Waals surface area (Å²) in [6.45, 7) is 13.7. The van der Waals surface area contributed by atoms with E-state index >= 15 is 0 Å². The van der Waals surface area contributed by atoms with Gasteiger partial charge in [0.1, 0.15) is 44.2 Å². The Labute approximate surface area is 713 Å². The lowest BCUT2D eigenvalue weighted by molar-refractivity contribution is -0.175. The third kappa shape index (κ3) is 31.9. The summed E-state index contributed by atoms with van der Waals surface area (Å²) >= 11 is 0. The monoisotopic (exact) mass is 1760 g/mol. The fourth-order valence-electron chi connectivity index (χ4n) is 12.8. The number of nitrogens with two attached hydrogens (primary N) is 1. The van der Waals surface area contributed by atoms with Crippen molar-refractivity contribution >= 4 is 84.1 Å². The molecule has 4 aromatic heterocycles. The number of fused-ring (bicyclic) bond motifs is 5. The molecule has 2 aliphatic rings. The van der Waals surface area contributed by atoms with Gasteiger partial charge < -0.3 is 99.0 Å². The minimum Gasteiger partial charge on any atom is -0.457 e. The Balaban J connectivity index is 0.622. The first-order valence-electron chi connectivity index (χ1n) is 40.4. The number of aromatic nitrogens is 7. The highest BCUT2D eigenvalue weighted by molar-refractivity contribution is 7.90. The van der Waals surface area contributed by atoms with Gasteiger partial charge in [0.15, 0.2) is 0 Å². The van der Waals surface area contributed by atoms with E-state index in [0.29, 0.717) is 158 Å². The Bertz CT molecular complexity index is 4870. The van der Waals surface area contributed by atoms with Crippen molar-refractivity contribution in [1.29, 1.82) is 0 Å². The van der Waals surface area contributed by atoms with E-state index in [0.717, 1.165) is 23.5 Å². The van der Waals surface area contributed by atoms with Gasteiger partial charge in [0.25, 0.3) is 5.56 Å². The number of hydrogen-bond donors (Lipinski definition) is 7. The SMILES string of the molecule is CC[C@@]1(OC(=O)OCc2ccc(NC(=O)[C@H](CCCNC(N)=O)NC(=O)[C@@H](NC(=O)COCC(=O)NCCOCCOCCOCCOCCOCCOCCOCCOCCn3cc(CNC(=O)CCCC#Cc4cnc(S(C)(=O)=O)nc4)nn3)C(C)C)cc2)C(=O)OCc2c1cc1n(c2=O)Cc2c-1nc1ccccc1c2CCN(C(C)C)S(C)(=O)=O. The maximum absolute atomic E-state index is 14.5. The normalized spacial score (nSPS) is 14.0. The molecule has 0 saturated heterocycles. The zero-order valence-electron chi connectivity index (χ0n) is 70.2. The second kappa shape index (κ2) is 50.3. The zero-order valence-corrected chi connectivity index (χ0v) is 71.9. The summed E-state index contributed by atoms with van der Waals surface area (Å²) in [6, 6.07) is 11.7. The molecular formula is C81H111N15O25S2. The van der Waals surface area contributed by atoms with E-state index in [2.05, 4.69) is 64.0 Å². The van der Waals surface area contributed by atoms with Gasteiger partial charge in [-0.3, -0.25) is 28.8 Å². The van der Waals surface area contributed by atoms with Gasteiger partial charge in [0.05, 0.1) is 166 Å². The minimum absolute atomic E-state index is 0.0185. The molecule has 7 amide bonds. The molecule has 0 aliphatic carbocycles. The van der Waals surface area contributed by atoms with E-state index in [1.165, 1.54) is 33.4 Å². The summed E-state index contributed by atoms with van der Waals surface area (Å²) < 4.78 is 120. The molecular weight excluding hydrogens is 1650 g/mol. The average molecular weight is 1760 g/mol. The van der Waals surface area contributed by atoms with Crippen LogP contribution in [0, 0.1) is 17.8 Å². The number of amides is 7. The number of esters is 1. The molecule has 0 spiro atoms. The van der Waals surface area contributed by atoms with E-state index in [1.807, 2.05) is 24.3 Å². The Kier molecular flexibility index (Phi) is 40.0. The number of ether oxygens (including phenoxy) is 12. The molecule has 40 nitrogen and oxygen atoms in total. The van der Waals surface area contributed by atoms with Crippen molar-refractivity contribution in [3.8, 4) is 23.2 Å². The lowest BCUT2D eigenvalue weighted by atomic mass is 9.85. The number of rotatable bonds is 56. The van der Waals surface area contributed by atoms with Crippen molar-refractivity contribution < 1.29 is 112 Å². The third-order valence-electron chi connectivity index (χ3n) is 19.0. The number of para-hydroxylation sites is 1. The van der Waals surface area contributed by atoms with Crippen LogP contribution in [0.25, 0.3) is 22.3 Å². The number of primary amides is 1. The molecule has 6 heterocycles. The summed E-state index contributed by atoms with van der Waals surface area (Å²) in [5, 5.41) is 24.6. The topological polar surface area (TPSA) is 508 Å². The van der Waals surface area contributed by atoms with Crippen LogP contribution in [-0.2, 0) is 150 Å². The second-order valence-corrected chi connectivity index (χ2v) is 32.9. The van der Waals surface area contributed by atoms with Crippen LogP contribution < -0.4 is 43.2 Å². The number of sulfone groups is 1. The first kappa shape index (κ1) is 97.9. The molecule has 8 N–H and O–H groups in total. The largest absolute Gasteiger partial charge is 0.510 e. The smallest absolute Gasteiger partial charge is 0.457 e. The number of cyclic esters (lactones) is 1. The molecule has 8 rings (SSSR count). The number of urea groups is 1. The molecule has 0 bridgehead atoms. The van der Waals surface area contributed by atoms with Crippen LogP contribution in [-0.4, -0.2) is 273 Å². The number of pyridine rings is 2. The molecule has 2 aromatic carbocycles. The predicted molar refractivity (Wildman–Crippen MR) is 443 cm³/mol. The highest BCUT2D eigenvalue weighted by atomic mass is 32.2. The molecule has 2 aliphatic heterocycles. The quantitative estimate of drug-likeness (QED) is 0.0124. The standard InChI is InChI=1S/C81H111N15O25S2/c1-8-81(65-45-68-73-63(50-95(68)76(102)64(65)52-119-77(81)103)61(62-16-12-13-17-66(62)89-73)24-27-96(56(4)5)123(7,108)109)121-80(105)120-51-57-20-22-59(23-21-57)88-74(100)67(18-14-25-84-78(82)104)90-75(101)72(55(2)3)91-71(99)54-118-53-70(98)83-26-29-110-31-33-112-35-37-114-39-41-116-43-44-117-42-40-115-38-36-113-34-32-111-30-28-94-49-60(92-93-94)48-85-69(97)19-11-9-10-15-58-46-86-79(87-47-58)122(6,106)107/h12-13,16-17,20-23,45-47,49,55-56,67,72H,8-9,11,14,18-19,24-44,48,50-54H2,1-7H3,(H,83,98)(H,85,97)(H,88,100)(H,90,101)(H,91,99)(H3,82,84,104)/t67-,72-,81-/m0/s1. The molecule has 672 valence electrons. The Morgan fingerprint density at radius 3 is 1.92 bits per heavy atom. The molecule has 3 atom stereocenters. The van der Waals surface area contributed by atoms with Crippen LogP contribution in [0.1, 0.15) is 112 Å². The van der Waals surface area contributed by atoms with E-state index < -0.39 is 111 Å². The predicted octanol–water partition coefficient (Wildman–Crippen LogP) is 2.25. The van der Waals surface area contributed by atoms with Gasteiger partial charge in [-0.1, -0.05) is 68.2 Å². The molecule has 6 aromatic rings. The van der Waals surface area contributed by atoms with Crippen LogP contribution in [0.5, 0.6) is 0 Å². The number of nitrogens with zero attached hydrogens (tertiary/aromatic N) is 8. The molecule has 0 radical (unpaired) electrons. The summed E-state index contributed by atoms with van der Waals surface area (Å²) in [5.41, 5.74) is 7.63. The summed E-state index contributed by atoms with van der Waals surface area (Å²) in [6.07, 6.45) is 7.02. The van der Waals surface area contributed by atoms with Crippen molar-refractivity contribution in [2.75, 3.05) is 156 Å². The zero-order chi connectivity index (χ0) is 88.7. The first-order chi connectivity index (χ1) is 59.0. The lowest BCUT2D eigenvalue weighted by Crippen LogP contribution is -2.55. The Morgan fingerprint density at radius 2 is 1.32 bits per heavy atom. The van der Waals surface area contributed by atoms with E-state index in [1.54, 1.807) is 63.7 Å². The van der Waals surface area contributed by atoms with Gasteiger partial charge in [0, 0.05) is 79.4 Å². The molecule has 0 fully saturated rings. The number of unbranched alkanes of at least 4 members (excludes halogenated alkanes) is 1. The highest BCUT2D eigenvalue weighted by Gasteiger charge is 2.51. The highest BCUT2D eigenvalue weighted by Crippen LogP contribution is 2.42. The Morgan fingerprint density at radius 1 is 0.699 bits per heavy atom. The fourth-order valence-corrected chi connectivity index (χ4v) is 14.5. The number of hydrogen-bond acceptors (Lipinski definition) is 30. The van der Waals surface area contributed by atoms with Crippen LogP contribution in [0.2, 0.25) is 0 Å². The fraction of sp³-hybridized carbons (Fsp3) is 0.556. The summed E-state index contributed by atoms with van der Waals surface area (Å²) in [5.74, 6) is 1.63. The molecule has 123 heavy (non-hydrogen) atoms. The third-order valence-corrected chi connectivity index (χ3v) is 21.4. The molecule has 0 saturated carbocycles. The van der Waals surface area contributed by atoms with E-state index in [9.17, 15) is 60.0 Å². The van der Waals surface area contributed by atoms with E-state index in [4.69, 9.17) is 67.6 Å². The van der Waals surface area contributed by atoms with Crippen LogP contribution in [0.4, 0.5) is 15.3 Å². The number of benzene rings is 2. The van der Waals surface area contributed by atoms with Gasteiger partial charge in [0.2, 0.25) is 60.2 Å². The van der Waals surface area contributed by atoms with Crippen molar-refractivity contribution in [3.05, 3.63) is 123 Å².